The smallest absolute Gasteiger partial charge is 0.345 e. The number of carboxylic acid groups (broad SMARTS) is 1. The molecule has 0 saturated carbocycles. The Kier molecular flexibility index (Phi) is 5.01. The lowest BCUT2D eigenvalue weighted by atomic mass is 10.2. The molecule has 0 spiro atoms. The van der Waals surface area contributed by atoms with Crippen molar-refractivity contribution >= 4 is 57.5 Å². The number of rotatable bonds is 4. The monoisotopic (exact) mass is 341 g/mol. The van der Waals surface area contributed by atoms with Gasteiger partial charge in [-0.05, 0) is 42.0 Å². The fraction of sp³-hybridized carbons (Fsp3) is 0. The number of carbonyl (C=O) groups excluding carboxylic acids is 1. The molecule has 1 heterocycles. The van der Waals surface area contributed by atoms with Gasteiger partial charge >= 0.3 is 5.97 Å². The van der Waals surface area contributed by atoms with Gasteiger partial charge in [-0.1, -0.05) is 23.2 Å². The highest BCUT2D eigenvalue weighted by molar-refractivity contribution is 7.18. The molecule has 1 aromatic heterocycles. The zero-order chi connectivity index (χ0) is 15.4. The zero-order valence-corrected chi connectivity index (χ0v) is 12.8. The van der Waals surface area contributed by atoms with Crippen LogP contribution < -0.4 is 5.32 Å². The van der Waals surface area contributed by atoms with Gasteiger partial charge in [0.05, 0.1) is 5.00 Å². The summed E-state index contributed by atoms with van der Waals surface area (Å²) < 4.78 is 0. The van der Waals surface area contributed by atoms with Crippen LogP contribution in [0, 0.1) is 0 Å². The van der Waals surface area contributed by atoms with Gasteiger partial charge in [0.1, 0.15) is 4.88 Å². The Hall–Kier alpha value is -1.82. The number of halogens is 2. The Labute approximate surface area is 134 Å². The average molecular weight is 342 g/mol. The van der Waals surface area contributed by atoms with Gasteiger partial charge < -0.3 is 10.4 Å². The highest BCUT2D eigenvalue weighted by Crippen LogP contribution is 2.23. The number of hydrogen-bond donors (Lipinski definition) is 2. The first-order valence-corrected chi connectivity index (χ1v) is 7.30. The predicted molar refractivity (Wildman–Crippen MR) is 85.4 cm³/mol. The number of hydrogen-bond acceptors (Lipinski definition) is 3. The van der Waals surface area contributed by atoms with Crippen molar-refractivity contribution in [1.29, 1.82) is 0 Å². The molecule has 0 saturated heterocycles. The van der Waals surface area contributed by atoms with E-state index in [-0.39, 0.29) is 10.8 Å². The van der Waals surface area contributed by atoms with E-state index >= 15 is 0 Å². The van der Waals surface area contributed by atoms with Crippen molar-refractivity contribution in [1.82, 2.24) is 0 Å². The predicted octanol–water partition coefficient (Wildman–Crippen LogP) is 4.41. The highest BCUT2D eigenvalue weighted by atomic mass is 35.5. The van der Waals surface area contributed by atoms with Crippen molar-refractivity contribution in [2.45, 2.75) is 0 Å². The summed E-state index contributed by atoms with van der Waals surface area (Å²) in [6.45, 7) is 0. The molecule has 0 aliphatic carbocycles. The van der Waals surface area contributed by atoms with E-state index in [2.05, 4.69) is 5.32 Å². The molecule has 1 aromatic carbocycles. The van der Waals surface area contributed by atoms with Gasteiger partial charge in [-0.15, -0.1) is 11.3 Å². The van der Waals surface area contributed by atoms with E-state index in [0.29, 0.717) is 20.6 Å². The van der Waals surface area contributed by atoms with Crippen molar-refractivity contribution in [3.05, 3.63) is 56.9 Å². The molecule has 0 unspecified atom stereocenters. The number of benzene rings is 1. The maximum absolute atomic E-state index is 11.7. The molecule has 0 aliphatic rings. The Morgan fingerprint density at radius 1 is 1.19 bits per heavy atom. The van der Waals surface area contributed by atoms with Crippen molar-refractivity contribution in [2.24, 2.45) is 0 Å². The van der Waals surface area contributed by atoms with Crippen molar-refractivity contribution in [3.8, 4) is 0 Å². The first kappa shape index (κ1) is 15.6. The van der Waals surface area contributed by atoms with Gasteiger partial charge in [0.2, 0.25) is 5.91 Å². The van der Waals surface area contributed by atoms with E-state index in [0.717, 1.165) is 11.3 Å². The lowest BCUT2D eigenvalue weighted by Crippen LogP contribution is -2.06. The van der Waals surface area contributed by atoms with Gasteiger partial charge in [0, 0.05) is 16.1 Å². The van der Waals surface area contributed by atoms with Crippen LogP contribution in [0.3, 0.4) is 0 Å². The lowest BCUT2D eigenvalue weighted by molar-refractivity contribution is -0.111. The van der Waals surface area contributed by atoms with Crippen LogP contribution in [0.4, 0.5) is 5.00 Å². The summed E-state index contributed by atoms with van der Waals surface area (Å²) >= 11 is 12.8. The molecular formula is C14H9Cl2NO3S. The second-order valence-corrected chi connectivity index (χ2v) is 5.88. The van der Waals surface area contributed by atoms with E-state index in [4.69, 9.17) is 28.3 Å². The molecular weight excluding hydrogens is 333 g/mol. The summed E-state index contributed by atoms with van der Waals surface area (Å²) in [5.74, 6) is -1.41. The Morgan fingerprint density at radius 2 is 1.95 bits per heavy atom. The van der Waals surface area contributed by atoms with Crippen LogP contribution >= 0.6 is 34.5 Å². The van der Waals surface area contributed by atoms with Crippen LogP contribution in [0.2, 0.25) is 10.0 Å². The third-order valence-electron chi connectivity index (χ3n) is 2.44. The molecule has 108 valence electrons. The molecule has 4 nitrogen and oxygen atoms in total. The molecule has 1 amide bonds. The fourth-order valence-corrected chi connectivity index (χ4v) is 2.60. The van der Waals surface area contributed by atoms with Crippen LogP contribution in [0.15, 0.2) is 36.4 Å². The van der Waals surface area contributed by atoms with E-state index in [1.165, 1.54) is 24.3 Å². The van der Waals surface area contributed by atoms with E-state index < -0.39 is 5.97 Å². The molecule has 21 heavy (non-hydrogen) atoms. The minimum atomic E-state index is -1.03. The van der Waals surface area contributed by atoms with Gasteiger partial charge in [0.25, 0.3) is 0 Å². The molecule has 2 N–H and O–H groups in total. The van der Waals surface area contributed by atoms with Gasteiger partial charge in [-0.2, -0.15) is 0 Å². The fourth-order valence-electron chi connectivity index (χ4n) is 1.49. The van der Waals surface area contributed by atoms with Crippen LogP contribution in [-0.2, 0) is 4.79 Å². The lowest BCUT2D eigenvalue weighted by Gasteiger charge is -1.99. The number of carbonyl (C=O) groups is 2. The maximum atomic E-state index is 11.7. The first-order chi connectivity index (χ1) is 9.95. The van der Waals surface area contributed by atoms with Gasteiger partial charge in [0.15, 0.2) is 0 Å². The van der Waals surface area contributed by atoms with Crippen LogP contribution in [0.5, 0.6) is 0 Å². The summed E-state index contributed by atoms with van der Waals surface area (Å²) in [7, 11) is 0. The normalized spacial score (nSPS) is 10.8. The van der Waals surface area contributed by atoms with Crippen LogP contribution in [0.25, 0.3) is 6.08 Å². The van der Waals surface area contributed by atoms with Crippen molar-refractivity contribution in [2.75, 3.05) is 5.32 Å². The van der Waals surface area contributed by atoms with E-state index in [9.17, 15) is 9.59 Å². The number of thiophene rings is 1. The van der Waals surface area contributed by atoms with Crippen LogP contribution in [-0.4, -0.2) is 17.0 Å². The molecule has 0 fully saturated rings. The summed E-state index contributed by atoms with van der Waals surface area (Å²) in [6, 6.07) is 7.90. The second kappa shape index (κ2) is 6.76. The van der Waals surface area contributed by atoms with Crippen LogP contribution in [0.1, 0.15) is 15.2 Å². The van der Waals surface area contributed by atoms with E-state index in [1.807, 2.05) is 0 Å². The molecule has 2 aromatic rings. The van der Waals surface area contributed by atoms with E-state index in [1.54, 1.807) is 18.2 Å². The quantitative estimate of drug-likeness (QED) is 0.809. The zero-order valence-electron chi connectivity index (χ0n) is 10.5. The second-order valence-electron chi connectivity index (χ2n) is 3.96. The third kappa shape index (κ3) is 4.32. The number of nitrogens with one attached hydrogen (secondary N) is 1. The molecule has 0 bridgehead atoms. The third-order valence-corrected chi connectivity index (χ3v) is 4.00. The summed E-state index contributed by atoms with van der Waals surface area (Å²) in [6.07, 6.45) is 2.84. The number of anilines is 1. The Bertz CT molecular complexity index is 725. The molecule has 0 radical (unpaired) electrons. The summed E-state index contributed by atoms with van der Waals surface area (Å²) in [5.41, 5.74) is 0.622. The maximum Gasteiger partial charge on any atom is 0.345 e. The minimum absolute atomic E-state index is 0.159. The highest BCUT2D eigenvalue weighted by Gasteiger charge is 2.08. The largest absolute Gasteiger partial charge is 0.477 e. The molecule has 7 heteroatoms. The van der Waals surface area contributed by atoms with Crippen molar-refractivity contribution < 1.29 is 14.7 Å². The molecule has 0 aliphatic heterocycles. The minimum Gasteiger partial charge on any atom is -0.477 e. The first-order valence-electron chi connectivity index (χ1n) is 5.73. The topological polar surface area (TPSA) is 66.4 Å². The number of amides is 1. The number of carboxylic acids is 1. The molecule has 2 rings (SSSR count). The van der Waals surface area contributed by atoms with Crippen molar-refractivity contribution in [3.63, 3.8) is 0 Å². The SMILES string of the molecule is O=C(/C=C/c1cc(Cl)ccc1Cl)Nc1ccc(C(=O)O)s1. The molecule has 0 atom stereocenters. The summed E-state index contributed by atoms with van der Waals surface area (Å²) in [5, 5.41) is 12.8. The Morgan fingerprint density at radius 3 is 2.62 bits per heavy atom. The number of aromatic carboxylic acids is 1. The Balaban J connectivity index is 2.05. The average Bonchev–Trinajstić information content (AvgIpc) is 2.88. The van der Waals surface area contributed by atoms with Gasteiger partial charge in [-0.25, -0.2) is 4.79 Å². The van der Waals surface area contributed by atoms with Gasteiger partial charge in [-0.3, -0.25) is 4.79 Å². The standard InChI is InChI=1S/C14H9Cl2NO3S/c15-9-2-3-10(16)8(7-9)1-5-12(18)17-13-6-4-11(21-13)14(19)20/h1-7H,(H,17,18)(H,19,20)/b5-1+. The summed E-state index contributed by atoms with van der Waals surface area (Å²) in [4.78, 5) is 22.6.